The third kappa shape index (κ3) is 8.99. The first kappa shape index (κ1) is 32.0. The largest absolute Gasteiger partial charge is 0.490 e. The van der Waals surface area contributed by atoms with Crippen molar-refractivity contribution < 1.29 is 24.2 Å². The number of anilines is 1. The van der Waals surface area contributed by atoms with E-state index in [1.54, 1.807) is 9.80 Å². The van der Waals surface area contributed by atoms with Gasteiger partial charge in [0.05, 0.1) is 30.4 Å². The van der Waals surface area contributed by atoms with Crippen LogP contribution in [0.4, 0.5) is 10.5 Å². The minimum atomic E-state index is -0.399. The molecule has 1 aromatic carbocycles. The molecular weight excluding hydrogens is 508 g/mol. The lowest BCUT2D eigenvalue weighted by atomic mass is 9.96. The molecule has 1 saturated carbocycles. The van der Waals surface area contributed by atoms with E-state index in [-0.39, 0.29) is 42.7 Å². The second kappa shape index (κ2) is 15.5. The van der Waals surface area contributed by atoms with Gasteiger partial charge in [-0.05, 0) is 64.2 Å². The number of benzene rings is 1. The van der Waals surface area contributed by atoms with Gasteiger partial charge in [0.15, 0.2) is 0 Å². The predicted molar refractivity (Wildman–Crippen MR) is 159 cm³/mol. The molecule has 9 heteroatoms. The predicted octanol–water partition coefficient (Wildman–Crippen LogP) is 4.52. The number of carbonyl (C=O) groups is 2. The van der Waals surface area contributed by atoms with Gasteiger partial charge in [-0.2, -0.15) is 0 Å². The van der Waals surface area contributed by atoms with Gasteiger partial charge in [-0.3, -0.25) is 4.79 Å². The zero-order chi connectivity index (χ0) is 29.2. The fourth-order valence-corrected chi connectivity index (χ4v) is 5.54. The summed E-state index contributed by atoms with van der Waals surface area (Å²) in [5.41, 5.74) is 1.39. The highest BCUT2D eigenvalue weighted by molar-refractivity contribution is 5.98. The highest BCUT2D eigenvalue weighted by Gasteiger charge is 2.31. The maximum absolute atomic E-state index is 14.1. The summed E-state index contributed by atoms with van der Waals surface area (Å²) in [6.45, 7) is 7.16. The molecule has 226 valence electrons. The highest BCUT2D eigenvalue weighted by Crippen LogP contribution is 2.29. The summed E-state index contributed by atoms with van der Waals surface area (Å²) in [6.07, 6.45) is 7.97. The normalized spacial score (nSPS) is 24.3. The molecule has 0 saturated heterocycles. The average molecular weight is 561 g/mol. The van der Waals surface area contributed by atoms with Crippen molar-refractivity contribution in [3.05, 3.63) is 23.8 Å². The first-order chi connectivity index (χ1) is 19.1. The Morgan fingerprint density at radius 3 is 2.48 bits per heavy atom. The van der Waals surface area contributed by atoms with E-state index in [1.807, 2.05) is 58.1 Å². The molecule has 2 aliphatic rings. The van der Waals surface area contributed by atoms with Crippen LogP contribution in [0, 0.1) is 5.92 Å². The van der Waals surface area contributed by atoms with Gasteiger partial charge in [0.25, 0.3) is 5.91 Å². The molecule has 4 atom stereocenters. The molecule has 0 bridgehead atoms. The van der Waals surface area contributed by atoms with Crippen molar-refractivity contribution >= 4 is 17.6 Å². The third-order valence-corrected chi connectivity index (χ3v) is 8.28. The smallest absolute Gasteiger partial charge is 0.317 e. The van der Waals surface area contributed by atoms with E-state index in [2.05, 4.69) is 12.2 Å². The number of nitrogens with one attached hydrogen (secondary N) is 1. The Balaban J connectivity index is 1.85. The molecule has 40 heavy (non-hydrogen) atoms. The Bertz CT molecular complexity index is 952. The van der Waals surface area contributed by atoms with Crippen LogP contribution in [0.3, 0.4) is 0 Å². The van der Waals surface area contributed by atoms with Gasteiger partial charge in [-0.1, -0.05) is 26.2 Å². The number of hydrogen-bond acceptors (Lipinski definition) is 6. The lowest BCUT2D eigenvalue weighted by molar-refractivity contribution is -0.0123. The fourth-order valence-electron chi connectivity index (χ4n) is 5.54. The number of fused-ring (bicyclic) bond motifs is 1. The molecule has 3 amide bonds. The standard InChI is InChI=1S/C31H52N4O5/c1-22-19-35(23(2)21-36)30(37)27-18-26(33(4)5)15-16-28(27)40-24(3)12-10-11-17-39-29(22)20-34(6)31(38)32-25-13-8-7-9-14-25/h15-16,18,22-25,29,36H,7-14,17,19-21H2,1-6H3,(H,32,38)/t22-,23-,24-,29+/m0/s1. The average Bonchev–Trinajstić information content (AvgIpc) is 2.94. The summed E-state index contributed by atoms with van der Waals surface area (Å²) in [5, 5.41) is 13.3. The van der Waals surface area contributed by atoms with Crippen LogP contribution in [0.2, 0.25) is 0 Å². The van der Waals surface area contributed by atoms with Crippen molar-refractivity contribution in [1.29, 1.82) is 0 Å². The van der Waals surface area contributed by atoms with Gasteiger partial charge in [-0.15, -0.1) is 0 Å². The van der Waals surface area contributed by atoms with E-state index < -0.39 is 6.04 Å². The van der Waals surface area contributed by atoms with Crippen LogP contribution in [0.15, 0.2) is 18.2 Å². The van der Waals surface area contributed by atoms with Crippen LogP contribution < -0.4 is 15.0 Å². The molecule has 9 nitrogen and oxygen atoms in total. The summed E-state index contributed by atoms with van der Waals surface area (Å²) < 4.78 is 12.7. The summed E-state index contributed by atoms with van der Waals surface area (Å²) in [4.78, 5) is 32.5. The van der Waals surface area contributed by atoms with Crippen molar-refractivity contribution in [2.75, 3.05) is 52.3 Å². The number of nitrogens with zero attached hydrogens (tertiary/aromatic N) is 3. The molecule has 1 aromatic rings. The molecule has 1 heterocycles. The Kier molecular flexibility index (Phi) is 12.4. The third-order valence-electron chi connectivity index (χ3n) is 8.28. The lowest BCUT2D eigenvalue weighted by Gasteiger charge is -2.36. The molecule has 0 radical (unpaired) electrons. The Hall–Kier alpha value is -2.52. The zero-order valence-electron chi connectivity index (χ0n) is 25.5. The van der Waals surface area contributed by atoms with Gasteiger partial charge in [0.1, 0.15) is 5.75 Å². The molecular formula is C31H52N4O5. The molecule has 2 N–H and O–H groups in total. The number of aliphatic hydroxyl groups excluding tert-OH is 1. The number of carbonyl (C=O) groups excluding carboxylic acids is 2. The molecule has 1 aliphatic heterocycles. The van der Waals surface area contributed by atoms with Gasteiger partial charge in [-0.25, -0.2) is 4.79 Å². The maximum Gasteiger partial charge on any atom is 0.317 e. The molecule has 0 aromatic heterocycles. The van der Waals surface area contributed by atoms with E-state index in [0.29, 0.717) is 31.0 Å². The zero-order valence-corrected chi connectivity index (χ0v) is 25.5. The minimum absolute atomic E-state index is 0.0623. The second-order valence-corrected chi connectivity index (χ2v) is 12.0. The summed E-state index contributed by atoms with van der Waals surface area (Å²) in [5.74, 6) is 0.305. The first-order valence-electron chi connectivity index (χ1n) is 15.1. The van der Waals surface area contributed by atoms with Crippen LogP contribution in [0.1, 0.15) is 82.5 Å². The van der Waals surface area contributed by atoms with Crippen LogP contribution in [-0.4, -0.2) is 98.6 Å². The molecule has 0 unspecified atom stereocenters. The van der Waals surface area contributed by atoms with Gasteiger partial charge < -0.3 is 34.6 Å². The lowest BCUT2D eigenvalue weighted by Crippen LogP contribution is -2.50. The van der Waals surface area contributed by atoms with Gasteiger partial charge in [0, 0.05) is 58.5 Å². The van der Waals surface area contributed by atoms with E-state index in [9.17, 15) is 14.7 Å². The topological polar surface area (TPSA) is 94.6 Å². The number of urea groups is 1. The van der Waals surface area contributed by atoms with Crippen molar-refractivity contribution in [3.63, 3.8) is 0 Å². The summed E-state index contributed by atoms with van der Waals surface area (Å²) in [7, 11) is 5.70. The quantitative estimate of drug-likeness (QED) is 0.531. The monoisotopic (exact) mass is 560 g/mol. The number of amides is 3. The highest BCUT2D eigenvalue weighted by atomic mass is 16.5. The van der Waals surface area contributed by atoms with Crippen LogP contribution in [0.5, 0.6) is 5.75 Å². The van der Waals surface area contributed by atoms with E-state index >= 15 is 0 Å². The second-order valence-electron chi connectivity index (χ2n) is 12.0. The van der Waals surface area contributed by atoms with Gasteiger partial charge in [0.2, 0.25) is 0 Å². The fraction of sp³-hybridized carbons (Fsp3) is 0.742. The molecule has 1 aliphatic carbocycles. The Labute approximate surface area is 241 Å². The number of rotatable bonds is 6. The van der Waals surface area contributed by atoms with E-state index in [4.69, 9.17) is 9.47 Å². The van der Waals surface area contributed by atoms with Gasteiger partial charge >= 0.3 is 6.03 Å². The Morgan fingerprint density at radius 2 is 1.80 bits per heavy atom. The van der Waals surface area contributed by atoms with Crippen LogP contribution in [-0.2, 0) is 4.74 Å². The summed E-state index contributed by atoms with van der Waals surface area (Å²) in [6, 6.07) is 5.47. The number of aliphatic hydroxyl groups is 1. The summed E-state index contributed by atoms with van der Waals surface area (Å²) >= 11 is 0. The van der Waals surface area contributed by atoms with Crippen LogP contribution in [0.25, 0.3) is 0 Å². The van der Waals surface area contributed by atoms with E-state index in [1.165, 1.54) is 6.42 Å². The molecule has 1 fully saturated rings. The molecule has 0 spiro atoms. The van der Waals surface area contributed by atoms with E-state index in [0.717, 1.165) is 50.6 Å². The van der Waals surface area contributed by atoms with Crippen molar-refractivity contribution in [1.82, 2.24) is 15.1 Å². The maximum atomic E-state index is 14.1. The number of likely N-dealkylation sites (N-methyl/N-ethyl adjacent to an activating group) is 1. The van der Waals surface area contributed by atoms with Crippen molar-refractivity contribution in [2.24, 2.45) is 5.92 Å². The van der Waals surface area contributed by atoms with Crippen LogP contribution >= 0.6 is 0 Å². The van der Waals surface area contributed by atoms with Crippen molar-refractivity contribution in [3.8, 4) is 5.75 Å². The number of hydrogen-bond donors (Lipinski definition) is 2. The number of ether oxygens (including phenoxy) is 2. The Morgan fingerprint density at radius 1 is 1.10 bits per heavy atom. The molecule has 3 rings (SSSR count). The van der Waals surface area contributed by atoms with Crippen molar-refractivity contribution in [2.45, 2.75) is 96.4 Å². The SMILES string of the molecule is C[C@H]1CCCCO[C@H](CN(C)C(=O)NC2CCCCC2)[C@@H](C)CN([C@@H](C)CO)C(=O)c2cc(N(C)C)ccc2O1. The first-order valence-corrected chi connectivity index (χ1v) is 15.1. The minimum Gasteiger partial charge on any atom is -0.490 e.